The molecule has 17 heavy (non-hydrogen) atoms. The summed E-state index contributed by atoms with van der Waals surface area (Å²) in [5, 5.41) is 8.21. The molecular weight excluding hydrogens is 214 g/mol. The van der Waals surface area contributed by atoms with Crippen molar-refractivity contribution in [2.75, 3.05) is 6.61 Å². The predicted octanol–water partition coefficient (Wildman–Crippen LogP) is 2.89. The van der Waals surface area contributed by atoms with Crippen molar-refractivity contribution in [2.24, 2.45) is 10.8 Å². The lowest BCUT2D eigenvalue weighted by molar-refractivity contribution is 0.0580. The van der Waals surface area contributed by atoms with Crippen LogP contribution in [0.15, 0.2) is 6.20 Å². The van der Waals surface area contributed by atoms with Gasteiger partial charge in [0.15, 0.2) is 0 Å². The van der Waals surface area contributed by atoms with Gasteiger partial charge in [-0.2, -0.15) is 0 Å². The van der Waals surface area contributed by atoms with Gasteiger partial charge in [0, 0.05) is 6.54 Å². The summed E-state index contributed by atoms with van der Waals surface area (Å²) in [6.45, 7) is 15.2. The van der Waals surface area contributed by atoms with Gasteiger partial charge in [-0.15, -0.1) is 5.10 Å². The SMILES string of the molecule is CC(C)(C)COCc1cn(CC(C)(C)C)nn1. The van der Waals surface area contributed by atoms with Gasteiger partial charge in [0.05, 0.1) is 19.4 Å². The van der Waals surface area contributed by atoms with Crippen LogP contribution in [0.2, 0.25) is 0 Å². The molecule has 1 heterocycles. The van der Waals surface area contributed by atoms with Crippen LogP contribution in [0, 0.1) is 10.8 Å². The average molecular weight is 239 g/mol. The molecule has 4 nitrogen and oxygen atoms in total. The van der Waals surface area contributed by atoms with E-state index in [-0.39, 0.29) is 10.8 Å². The number of nitrogens with zero attached hydrogens (tertiary/aromatic N) is 3. The highest BCUT2D eigenvalue weighted by molar-refractivity contribution is 4.90. The Labute approximate surface area is 104 Å². The normalized spacial score (nSPS) is 13.1. The van der Waals surface area contributed by atoms with Crippen molar-refractivity contribution in [3.63, 3.8) is 0 Å². The molecule has 0 N–H and O–H groups in total. The lowest BCUT2D eigenvalue weighted by Gasteiger charge is -2.17. The van der Waals surface area contributed by atoms with Gasteiger partial charge in [0.2, 0.25) is 0 Å². The minimum absolute atomic E-state index is 0.196. The Bertz CT molecular complexity index is 344. The van der Waals surface area contributed by atoms with Crippen molar-refractivity contribution < 1.29 is 4.74 Å². The summed E-state index contributed by atoms with van der Waals surface area (Å²) in [6.07, 6.45) is 1.97. The molecule has 0 atom stereocenters. The van der Waals surface area contributed by atoms with Crippen LogP contribution in [0.3, 0.4) is 0 Å². The van der Waals surface area contributed by atoms with E-state index in [1.807, 2.05) is 10.9 Å². The maximum atomic E-state index is 5.61. The second kappa shape index (κ2) is 5.17. The third-order valence-corrected chi connectivity index (χ3v) is 2.01. The molecule has 4 heteroatoms. The highest BCUT2D eigenvalue weighted by Gasteiger charge is 2.13. The number of rotatable bonds is 4. The lowest BCUT2D eigenvalue weighted by Crippen LogP contribution is -2.16. The van der Waals surface area contributed by atoms with E-state index < -0.39 is 0 Å². The van der Waals surface area contributed by atoms with E-state index in [4.69, 9.17) is 4.74 Å². The molecule has 0 spiro atoms. The van der Waals surface area contributed by atoms with Crippen LogP contribution in [0.1, 0.15) is 47.2 Å². The van der Waals surface area contributed by atoms with Crippen molar-refractivity contribution >= 4 is 0 Å². The topological polar surface area (TPSA) is 39.9 Å². The first-order valence-corrected chi connectivity index (χ1v) is 6.12. The van der Waals surface area contributed by atoms with Crippen molar-refractivity contribution in [1.29, 1.82) is 0 Å². The fourth-order valence-corrected chi connectivity index (χ4v) is 1.43. The van der Waals surface area contributed by atoms with E-state index in [2.05, 4.69) is 51.9 Å². The first kappa shape index (κ1) is 14.2. The van der Waals surface area contributed by atoms with E-state index in [9.17, 15) is 0 Å². The van der Waals surface area contributed by atoms with Crippen molar-refractivity contribution in [2.45, 2.75) is 54.7 Å². The summed E-state index contributed by atoms with van der Waals surface area (Å²) in [6, 6.07) is 0. The third kappa shape index (κ3) is 6.41. The fraction of sp³-hybridized carbons (Fsp3) is 0.846. The van der Waals surface area contributed by atoms with Gasteiger partial charge in [-0.1, -0.05) is 46.8 Å². The molecule has 98 valence electrons. The largest absolute Gasteiger partial charge is 0.374 e. The molecule has 0 amide bonds. The second-order valence-corrected chi connectivity index (χ2v) is 7.02. The van der Waals surface area contributed by atoms with Gasteiger partial charge in [0.25, 0.3) is 0 Å². The van der Waals surface area contributed by atoms with E-state index in [0.29, 0.717) is 6.61 Å². The maximum absolute atomic E-state index is 5.61. The van der Waals surface area contributed by atoms with Crippen LogP contribution in [0.25, 0.3) is 0 Å². The summed E-state index contributed by atoms with van der Waals surface area (Å²) < 4.78 is 7.50. The third-order valence-electron chi connectivity index (χ3n) is 2.01. The van der Waals surface area contributed by atoms with Crippen LogP contribution in [-0.2, 0) is 17.9 Å². The van der Waals surface area contributed by atoms with E-state index in [1.165, 1.54) is 0 Å². The van der Waals surface area contributed by atoms with Crippen LogP contribution in [0.5, 0.6) is 0 Å². The van der Waals surface area contributed by atoms with Gasteiger partial charge in [-0.05, 0) is 10.8 Å². The van der Waals surface area contributed by atoms with Crippen LogP contribution in [-0.4, -0.2) is 21.6 Å². The zero-order chi connectivity index (χ0) is 13.1. The van der Waals surface area contributed by atoms with Gasteiger partial charge in [-0.3, -0.25) is 4.68 Å². The zero-order valence-corrected chi connectivity index (χ0v) is 11.9. The second-order valence-electron chi connectivity index (χ2n) is 7.02. The molecule has 1 aromatic heterocycles. The smallest absolute Gasteiger partial charge is 0.108 e. The number of hydrogen-bond donors (Lipinski definition) is 0. The van der Waals surface area contributed by atoms with Crippen molar-refractivity contribution in [3.8, 4) is 0 Å². The maximum Gasteiger partial charge on any atom is 0.108 e. The molecule has 0 fully saturated rings. The van der Waals surface area contributed by atoms with Crippen LogP contribution in [0.4, 0.5) is 0 Å². The Kier molecular flexibility index (Phi) is 4.31. The first-order chi connectivity index (χ1) is 7.66. The van der Waals surface area contributed by atoms with Crippen molar-refractivity contribution in [3.05, 3.63) is 11.9 Å². The molecule has 0 saturated heterocycles. The van der Waals surface area contributed by atoms with Crippen LogP contribution < -0.4 is 0 Å². The Morgan fingerprint density at radius 2 is 1.76 bits per heavy atom. The highest BCUT2D eigenvalue weighted by Crippen LogP contribution is 2.16. The van der Waals surface area contributed by atoms with E-state index >= 15 is 0 Å². The molecule has 0 aliphatic heterocycles. The number of aromatic nitrogens is 3. The van der Waals surface area contributed by atoms with Crippen molar-refractivity contribution in [1.82, 2.24) is 15.0 Å². The molecule has 1 aromatic rings. The Balaban J connectivity index is 2.41. The molecule has 1 rings (SSSR count). The molecule has 0 radical (unpaired) electrons. The lowest BCUT2D eigenvalue weighted by atomic mass is 9.97. The monoisotopic (exact) mass is 239 g/mol. The summed E-state index contributed by atoms with van der Waals surface area (Å²) in [7, 11) is 0. The van der Waals surface area contributed by atoms with E-state index in [0.717, 1.165) is 18.8 Å². The van der Waals surface area contributed by atoms with Crippen LogP contribution >= 0.6 is 0 Å². The number of hydrogen-bond acceptors (Lipinski definition) is 3. The average Bonchev–Trinajstić information content (AvgIpc) is 2.46. The Hall–Kier alpha value is -0.900. The quantitative estimate of drug-likeness (QED) is 0.811. The van der Waals surface area contributed by atoms with Gasteiger partial charge >= 0.3 is 0 Å². The summed E-state index contributed by atoms with van der Waals surface area (Å²) >= 11 is 0. The highest BCUT2D eigenvalue weighted by atomic mass is 16.5. The first-order valence-electron chi connectivity index (χ1n) is 6.12. The minimum Gasteiger partial charge on any atom is -0.374 e. The van der Waals surface area contributed by atoms with Gasteiger partial charge < -0.3 is 4.74 Å². The zero-order valence-electron chi connectivity index (χ0n) is 11.9. The predicted molar refractivity (Wildman–Crippen MR) is 68.6 cm³/mol. The standard InChI is InChI=1S/C13H25N3O/c1-12(2,3)9-16-7-11(14-15-16)8-17-10-13(4,5)6/h7H,8-10H2,1-6H3. The minimum atomic E-state index is 0.196. The Morgan fingerprint density at radius 1 is 1.12 bits per heavy atom. The van der Waals surface area contributed by atoms with E-state index in [1.54, 1.807) is 0 Å². The van der Waals surface area contributed by atoms with Gasteiger partial charge in [-0.25, -0.2) is 0 Å². The molecule has 0 saturated carbocycles. The van der Waals surface area contributed by atoms with Gasteiger partial charge in [0.1, 0.15) is 5.69 Å². The molecule has 0 aromatic carbocycles. The fourth-order valence-electron chi connectivity index (χ4n) is 1.43. The summed E-state index contributed by atoms with van der Waals surface area (Å²) in [5.41, 5.74) is 1.32. The molecular formula is C13H25N3O. The molecule has 0 unspecified atom stereocenters. The summed E-state index contributed by atoms with van der Waals surface area (Å²) in [5.74, 6) is 0. The summed E-state index contributed by atoms with van der Waals surface area (Å²) in [4.78, 5) is 0. The number of ether oxygens (including phenoxy) is 1. The molecule has 0 aliphatic rings. The molecule has 0 aliphatic carbocycles. The Morgan fingerprint density at radius 3 is 2.29 bits per heavy atom. The molecule has 0 bridgehead atoms.